The number of carbonyl (C=O) groups is 2. The van der Waals surface area contributed by atoms with Gasteiger partial charge < -0.3 is 10.2 Å². The molecule has 29 heavy (non-hydrogen) atoms. The molecule has 1 aliphatic carbocycles. The van der Waals surface area contributed by atoms with Crippen molar-refractivity contribution < 1.29 is 18.0 Å². The molecule has 0 spiro atoms. The SMILES string of the molecule is CC(=O)Nc1ccc(S(=O)(=O)N(C)CC(=O)N(C)C2CCc3ccccc32)cc1. The quantitative estimate of drug-likeness (QED) is 0.785. The first-order valence-electron chi connectivity index (χ1n) is 9.37. The molecule has 154 valence electrons. The van der Waals surface area contributed by atoms with Crippen molar-refractivity contribution >= 4 is 27.5 Å². The maximum atomic E-state index is 12.8. The lowest BCUT2D eigenvalue weighted by Gasteiger charge is -2.27. The minimum atomic E-state index is -3.82. The van der Waals surface area contributed by atoms with E-state index in [9.17, 15) is 18.0 Å². The summed E-state index contributed by atoms with van der Waals surface area (Å²) in [6.45, 7) is 1.13. The van der Waals surface area contributed by atoms with Crippen LogP contribution in [0.1, 0.15) is 30.5 Å². The highest BCUT2D eigenvalue weighted by Crippen LogP contribution is 2.34. The van der Waals surface area contributed by atoms with Gasteiger partial charge >= 0.3 is 0 Å². The number of sulfonamides is 1. The lowest BCUT2D eigenvalue weighted by atomic mass is 10.1. The number of fused-ring (bicyclic) bond motifs is 1. The Morgan fingerprint density at radius 1 is 1.07 bits per heavy atom. The highest BCUT2D eigenvalue weighted by molar-refractivity contribution is 7.89. The van der Waals surface area contributed by atoms with Crippen LogP contribution in [0.2, 0.25) is 0 Å². The molecule has 8 heteroatoms. The number of anilines is 1. The van der Waals surface area contributed by atoms with Crippen molar-refractivity contribution in [2.24, 2.45) is 0 Å². The number of carbonyl (C=O) groups excluding carboxylic acids is 2. The zero-order valence-electron chi connectivity index (χ0n) is 16.8. The maximum absolute atomic E-state index is 12.8. The van der Waals surface area contributed by atoms with Crippen molar-refractivity contribution in [3.8, 4) is 0 Å². The van der Waals surface area contributed by atoms with Gasteiger partial charge in [0, 0.05) is 26.7 Å². The van der Waals surface area contributed by atoms with E-state index >= 15 is 0 Å². The van der Waals surface area contributed by atoms with Crippen LogP contribution in [-0.2, 0) is 26.0 Å². The second kappa shape index (κ2) is 8.34. The summed E-state index contributed by atoms with van der Waals surface area (Å²) in [4.78, 5) is 25.6. The lowest BCUT2D eigenvalue weighted by molar-refractivity contribution is -0.132. The highest BCUT2D eigenvalue weighted by Gasteiger charge is 2.30. The Kier molecular flexibility index (Phi) is 6.04. The standard InChI is InChI=1S/C21H25N3O4S/c1-15(25)22-17-9-11-18(12-10-17)29(27,28)23(2)14-21(26)24(3)20-13-8-16-6-4-5-7-19(16)20/h4-7,9-12,20H,8,13-14H2,1-3H3,(H,22,25). The van der Waals surface area contributed by atoms with Gasteiger partial charge in [-0.3, -0.25) is 9.59 Å². The third-order valence-corrected chi connectivity index (χ3v) is 7.02. The first kappa shape index (κ1) is 21.0. The topological polar surface area (TPSA) is 86.8 Å². The van der Waals surface area contributed by atoms with E-state index in [0.717, 1.165) is 22.7 Å². The van der Waals surface area contributed by atoms with Crippen LogP contribution in [0.5, 0.6) is 0 Å². The minimum Gasteiger partial charge on any atom is -0.338 e. The van der Waals surface area contributed by atoms with Gasteiger partial charge in [-0.2, -0.15) is 4.31 Å². The van der Waals surface area contributed by atoms with Gasteiger partial charge in [0.05, 0.1) is 17.5 Å². The molecule has 1 unspecified atom stereocenters. The number of amides is 2. The monoisotopic (exact) mass is 415 g/mol. The highest BCUT2D eigenvalue weighted by atomic mass is 32.2. The molecule has 0 aromatic heterocycles. The predicted molar refractivity (Wildman–Crippen MR) is 111 cm³/mol. The summed E-state index contributed by atoms with van der Waals surface area (Å²) in [6, 6.07) is 13.9. The number of hydrogen-bond donors (Lipinski definition) is 1. The summed E-state index contributed by atoms with van der Waals surface area (Å²) in [5.74, 6) is -0.493. The molecule has 0 heterocycles. The van der Waals surface area contributed by atoms with E-state index in [4.69, 9.17) is 0 Å². The van der Waals surface area contributed by atoms with Crippen molar-refractivity contribution in [3.05, 3.63) is 59.7 Å². The van der Waals surface area contributed by atoms with Crippen LogP contribution < -0.4 is 5.32 Å². The molecule has 0 bridgehead atoms. The van der Waals surface area contributed by atoms with Crippen LogP contribution in [0, 0.1) is 0 Å². The summed E-state index contributed by atoms with van der Waals surface area (Å²) >= 11 is 0. The van der Waals surface area contributed by atoms with Crippen molar-refractivity contribution in [2.75, 3.05) is 26.0 Å². The maximum Gasteiger partial charge on any atom is 0.243 e. The fourth-order valence-electron chi connectivity index (χ4n) is 3.59. The third kappa shape index (κ3) is 4.49. The summed E-state index contributed by atoms with van der Waals surface area (Å²) in [5.41, 5.74) is 2.87. The number of rotatable bonds is 6. The molecule has 2 amide bonds. The first-order chi connectivity index (χ1) is 13.7. The summed E-state index contributed by atoms with van der Waals surface area (Å²) in [6.07, 6.45) is 1.75. The Labute approximate surface area is 171 Å². The smallest absolute Gasteiger partial charge is 0.243 e. The molecule has 0 saturated heterocycles. The van der Waals surface area contributed by atoms with Gasteiger partial charge in [-0.05, 0) is 48.2 Å². The Morgan fingerprint density at radius 2 is 1.72 bits per heavy atom. The number of nitrogens with zero attached hydrogens (tertiary/aromatic N) is 2. The van der Waals surface area contributed by atoms with Crippen LogP contribution in [0.4, 0.5) is 5.69 Å². The van der Waals surface area contributed by atoms with Gasteiger partial charge in [0.1, 0.15) is 0 Å². The molecule has 0 fully saturated rings. The van der Waals surface area contributed by atoms with Crippen molar-refractivity contribution in [2.45, 2.75) is 30.7 Å². The molecule has 0 saturated carbocycles. The van der Waals surface area contributed by atoms with Gasteiger partial charge in [-0.15, -0.1) is 0 Å². The molecule has 0 aliphatic heterocycles. The van der Waals surface area contributed by atoms with Crippen LogP contribution in [0.15, 0.2) is 53.4 Å². The first-order valence-corrected chi connectivity index (χ1v) is 10.8. The lowest BCUT2D eigenvalue weighted by Crippen LogP contribution is -2.40. The molecule has 1 atom stereocenters. The van der Waals surface area contributed by atoms with Gasteiger partial charge in [0.15, 0.2) is 0 Å². The predicted octanol–water partition coefficient (Wildman–Crippen LogP) is 2.41. The van der Waals surface area contributed by atoms with Gasteiger partial charge in [-0.1, -0.05) is 24.3 Å². The molecule has 3 rings (SSSR count). The van der Waals surface area contributed by atoms with E-state index in [1.54, 1.807) is 11.9 Å². The molecule has 0 radical (unpaired) electrons. The van der Waals surface area contributed by atoms with E-state index in [0.29, 0.717) is 5.69 Å². The summed E-state index contributed by atoms with van der Waals surface area (Å²) < 4.78 is 26.7. The van der Waals surface area contributed by atoms with Crippen molar-refractivity contribution in [1.29, 1.82) is 0 Å². The largest absolute Gasteiger partial charge is 0.338 e. The van der Waals surface area contributed by atoms with Crippen LogP contribution in [-0.4, -0.2) is 50.1 Å². The molecular formula is C21H25N3O4S. The van der Waals surface area contributed by atoms with Gasteiger partial charge in [0.25, 0.3) is 0 Å². The Hall–Kier alpha value is -2.71. The molecular weight excluding hydrogens is 390 g/mol. The van der Waals surface area contributed by atoms with E-state index in [-0.39, 0.29) is 29.3 Å². The number of nitrogens with one attached hydrogen (secondary N) is 1. The van der Waals surface area contributed by atoms with Crippen molar-refractivity contribution in [3.63, 3.8) is 0 Å². The van der Waals surface area contributed by atoms with Crippen LogP contribution in [0.3, 0.4) is 0 Å². The molecule has 1 aliphatic rings. The normalized spacial score (nSPS) is 15.8. The fraction of sp³-hybridized carbons (Fsp3) is 0.333. The summed E-state index contributed by atoms with van der Waals surface area (Å²) in [7, 11) is -0.709. The van der Waals surface area contributed by atoms with Crippen LogP contribution >= 0.6 is 0 Å². The van der Waals surface area contributed by atoms with Crippen LogP contribution in [0.25, 0.3) is 0 Å². The average molecular weight is 416 g/mol. The van der Waals surface area contributed by atoms with Gasteiger partial charge in [0.2, 0.25) is 21.8 Å². The number of aryl methyl sites for hydroxylation is 1. The third-order valence-electron chi connectivity index (χ3n) is 5.20. The number of likely N-dealkylation sites (N-methyl/N-ethyl adjacent to an activating group) is 2. The zero-order chi connectivity index (χ0) is 21.2. The minimum absolute atomic E-state index is 0.0354. The van der Waals surface area contributed by atoms with Gasteiger partial charge in [-0.25, -0.2) is 8.42 Å². The summed E-state index contributed by atoms with van der Waals surface area (Å²) in [5, 5.41) is 2.59. The average Bonchev–Trinajstić information content (AvgIpc) is 3.11. The zero-order valence-corrected chi connectivity index (χ0v) is 17.6. The molecule has 7 nitrogen and oxygen atoms in total. The molecule has 2 aromatic carbocycles. The van der Waals surface area contributed by atoms with E-state index in [1.165, 1.54) is 43.8 Å². The molecule has 1 N–H and O–H groups in total. The van der Waals surface area contributed by atoms with E-state index < -0.39 is 10.0 Å². The Balaban J connectivity index is 1.69. The Morgan fingerprint density at radius 3 is 2.38 bits per heavy atom. The molecule has 2 aromatic rings. The Bertz CT molecular complexity index is 1020. The van der Waals surface area contributed by atoms with E-state index in [1.807, 2.05) is 18.2 Å². The number of hydrogen-bond acceptors (Lipinski definition) is 4. The number of benzene rings is 2. The second-order valence-corrected chi connectivity index (χ2v) is 9.27. The van der Waals surface area contributed by atoms with E-state index in [2.05, 4.69) is 11.4 Å². The van der Waals surface area contributed by atoms with Crippen molar-refractivity contribution in [1.82, 2.24) is 9.21 Å². The second-order valence-electron chi connectivity index (χ2n) is 7.22. The fourth-order valence-corrected chi connectivity index (χ4v) is 4.71.